The lowest BCUT2D eigenvalue weighted by Crippen LogP contribution is -2.01. The first-order valence-electron chi connectivity index (χ1n) is 5.47. The molecule has 0 aliphatic rings. The van der Waals surface area contributed by atoms with Crippen molar-refractivity contribution >= 4 is 29.3 Å². The molecule has 2 aromatic carbocycles. The van der Waals surface area contributed by atoms with E-state index < -0.39 is 11.8 Å². The highest BCUT2D eigenvalue weighted by Gasteiger charge is 2.11. The van der Waals surface area contributed by atoms with Crippen molar-refractivity contribution in [3.63, 3.8) is 0 Å². The minimum atomic E-state index is -1.26. The molecule has 0 saturated carbocycles. The Bertz CT molecular complexity index is 616. The molecule has 1 N–H and O–H groups in total. The van der Waals surface area contributed by atoms with E-state index in [1.165, 1.54) is 23.9 Å². The Balaban J connectivity index is 2.14. The average Bonchev–Trinajstić information content (AvgIpc) is 2.39. The second kappa shape index (κ2) is 6.08. The van der Waals surface area contributed by atoms with E-state index in [4.69, 9.17) is 16.7 Å². The summed E-state index contributed by atoms with van der Waals surface area (Å²) >= 11 is 7.50. The largest absolute Gasteiger partial charge is 0.478 e. The molecule has 0 aliphatic carbocycles. The fourth-order valence-electron chi connectivity index (χ4n) is 1.55. The number of carbonyl (C=O) groups is 1. The SMILES string of the molecule is O=C(O)c1cc(CSc2ccccc2Cl)ccc1F. The Labute approximate surface area is 119 Å². The highest BCUT2D eigenvalue weighted by molar-refractivity contribution is 7.98. The molecule has 0 spiro atoms. The van der Waals surface area contributed by atoms with Crippen molar-refractivity contribution in [2.75, 3.05) is 0 Å². The Morgan fingerprint density at radius 1 is 1.26 bits per heavy atom. The molecule has 0 aliphatic heterocycles. The van der Waals surface area contributed by atoms with E-state index in [0.29, 0.717) is 10.8 Å². The van der Waals surface area contributed by atoms with E-state index in [2.05, 4.69) is 0 Å². The van der Waals surface area contributed by atoms with Crippen LogP contribution in [0.25, 0.3) is 0 Å². The number of carboxylic acid groups (broad SMARTS) is 1. The lowest BCUT2D eigenvalue weighted by Gasteiger charge is -2.05. The lowest BCUT2D eigenvalue weighted by molar-refractivity contribution is 0.0692. The van der Waals surface area contributed by atoms with Crippen LogP contribution in [0.4, 0.5) is 4.39 Å². The van der Waals surface area contributed by atoms with Crippen LogP contribution < -0.4 is 0 Å². The molecule has 2 aromatic rings. The average molecular weight is 297 g/mol. The topological polar surface area (TPSA) is 37.3 Å². The first-order chi connectivity index (χ1) is 9.08. The minimum absolute atomic E-state index is 0.308. The third kappa shape index (κ3) is 3.49. The van der Waals surface area contributed by atoms with Gasteiger partial charge >= 0.3 is 5.97 Å². The number of benzene rings is 2. The summed E-state index contributed by atoms with van der Waals surface area (Å²) in [5.41, 5.74) is 0.431. The van der Waals surface area contributed by atoms with E-state index in [1.807, 2.05) is 18.2 Å². The second-order valence-corrected chi connectivity index (χ2v) is 5.26. The maximum Gasteiger partial charge on any atom is 0.338 e. The molecule has 2 nitrogen and oxygen atoms in total. The summed E-state index contributed by atoms with van der Waals surface area (Å²) in [6, 6.07) is 11.5. The van der Waals surface area contributed by atoms with Gasteiger partial charge in [0.1, 0.15) is 5.82 Å². The van der Waals surface area contributed by atoms with Crippen molar-refractivity contribution < 1.29 is 14.3 Å². The van der Waals surface area contributed by atoms with Gasteiger partial charge in [0.25, 0.3) is 0 Å². The summed E-state index contributed by atoms with van der Waals surface area (Å²) < 4.78 is 13.2. The zero-order valence-corrected chi connectivity index (χ0v) is 11.3. The van der Waals surface area contributed by atoms with E-state index in [-0.39, 0.29) is 5.56 Å². The number of aromatic carboxylic acids is 1. The smallest absolute Gasteiger partial charge is 0.338 e. The molecule has 0 heterocycles. The molecule has 0 saturated heterocycles. The van der Waals surface area contributed by atoms with Gasteiger partial charge in [-0.1, -0.05) is 29.8 Å². The van der Waals surface area contributed by atoms with Crippen molar-refractivity contribution in [3.8, 4) is 0 Å². The van der Waals surface area contributed by atoms with Gasteiger partial charge in [0.2, 0.25) is 0 Å². The van der Waals surface area contributed by atoms with Crippen LogP contribution in [0.3, 0.4) is 0 Å². The predicted molar refractivity (Wildman–Crippen MR) is 74.4 cm³/mol. The van der Waals surface area contributed by atoms with Gasteiger partial charge in [-0.25, -0.2) is 9.18 Å². The third-order valence-electron chi connectivity index (χ3n) is 2.49. The number of carboxylic acids is 1. The Hall–Kier alpha value is -1.52. The fourth-order valence-corrected chi connectivity index (χ4v) is 2.73. The lowest BCUT2D eigenvalue weighted by atomic mass is 10.1. The van der Waals surface area contributed by atoms with Crippen LogP contribution in [0.15, 0.2) is 47.4 Å². The molecule has 2 rings (SSSR count). The fraction of sp³-hybridized carbons (Fsp3) is 0.0714. The minimum Gasteiger partial charge on any atom is -0.478 e. The highest BCUT2D eigenvalue weighted by atomic mass is 35.5. The summed E-state index contributed by atoms with van der Waals surface area (Å²) in [6.45, 7) is 0. The van der Waals surface area contributed by atoms with Gasteiger partial charge in [-0.05, 0) is 29.8 Å². The molecule has 0 unspecified atom stereocenters. The van der Waals surface area contributed by atoms with Crippen molar-refractivity contribution in [2.45, 2.75) is 10.6 Å². The monoisotopic (exact) mass is 296 g/mol. The predicted octanol–water partition coefficient (Wildman–Crippen LogP) is 4.47. The van der Waals surface area contributed by atoms with Crippen molar-refractivity contribution in [2.24, 2.45) is 0 Å². The Morgan fingerprint density at radius 3 is 2.68 bits per heavy atom. The van der Waals surface area contributed by atoms with Gasteiger partial charge in [-0.2, -0.15) is 0 Å². The molecule has 0 fully saturated rings. The van der Waals surface area contributed by atoms with Crippen molar-refractivity contribution in [1.82, 2.24) is 0 Å². The summed E-state index contributed by atoms with van der Waals surface area (Å²) in [7, 11) is 0. The van der Waals surface area contributed by atoms with Gasteiger partial charge in [0.05, 0.1) is 10.6 Å². The zero-order valence-electron chi connectivity index (χ0n) is 9.77. The number of halogens is 2. The van der Waals surface area contributed by atoms with E-state index in [1.54, 1.807) is 12.1 Å². The molecule has 5 heteroatoms. The van der Waals surface area contributed by atoms with Gasteiger partial charge in [0, 0.05) is 10.6 Å². The van der Waals surface area contributed by atoms with Crippen molar-refractivity contribution in [1.29, 1.82) is 0 Å². The van der Waals surface area contributed by atoms with E-state index in [0.717, 1.165) is 10.5 Å². The first-order valence-corrected chi connectivity index (χ1v) is 6.83. The van der Waals surface area contributed by atoms with Crippen LogP contribution in [0.5, 0.6) is 0 Å². The number of hydrogen-bond donors (Lipinski definition) is 1. The van der Waals surface area contributed by atoms with Gasteiger partial charge < -0.3 is 5.11 Å². The van der Waals surface area contributed by atoms with Crippen LogP contribution in [0, 0.1) is 5.82 Å². The summed E-state index contributed by atoms with van der Waals surface area (Å²) in [5, 5.41) is 9.50. The van der Waals surface area contributed by atoms with E-state index >= 15 is 0 Å². The molecule has 0 radical (unpaired) electrons. The Morgan fingerprint density at radius 2 is 2.00 bits per heavy atom. The van der Waals surface area contributed by atoms with Gasteiger partial charge in [-0.15, -0.1) is 11.8 Å². The maximum atomic E-state index is 13.2. The van der Waals surface area contributed by atoms with Crippen molar-refractivity contribution in [3.05, 3.63) is 64.4 Å². The van der Waals surface area contributed by atoms with Crippen LogP contribution in [-0.4, -0.2) is 11.1 Å². The summed E-state index contributed by atoms with van der Waals surface area (Å²) in [4.78, 5) is 11.7. The van der Waals surface area contributed by atoms with Gasteiger partial charge in [-0.3, -0.25) is 0 Å². The van der Waals surface area contributed by atoms with Crippen LogP contribution in [0.1, 0.15) is 15.9 Å². The quantitative estimate of drug-likeness (QED) is 0.846. The highest BCUT2D eigenvalue weighted by Crippen LogP contribution is 2.29. The molecule has 98 valence electrons. The Kier molecular flexibility index (Phi) is 4.45. The van der Waals surface area contributed by atoms with E-state index in [9.17, 15) is 9.18 Å². The normalized spacial score (nSPS) is 10.4. The van der Waals surface area contributed by atoms with Crippen LogP contribution in [0.2, 0.25) is 5.02 Å². The van der Waals surface area contributed by atoms with Crippen LogP contribution in [-0.2, 0) is 5.75 Å². The summed E-state index contributed by atoms with van der Waals surface area (Å²) in [5.74, 6) is -1.45. The van der Waals surface area contributed by atoms with Gasteiger partial charge in [0.15, 0.2) is 0 Å². The summed E-state index contributed by atoms with van der Waals surface area (Å²) in [6.07, 6.45) is 0. The third-order valence-corrected chi connectivity index (χ3v) is 4.08. The molecule has 0 bridgehead atoms. The molecular weight excluding hydrogens is 287 g/mol. The zero-order chi connectivity index (χ0) is 13.8. The number of hydrogen-bond acceptors (Lipinski definition) is 2. The molecule has 19 heavy (non-hydrogen) atoms. The molecule has 0 atom stereocenters. The second-order valence-electron chi connectivity index (χ2n) is 3.84. The maximum absolute atomic E-state index is 13.2. The standard InChI is InChI=1S/C14H10ClFO2S/c15-11-3-1-2-4-13(11)19-8-9-5-6-12(16)10(7-9)14(17)18/h1-7H,8H2,(H,17,18). The number of thioether (sulfide) groups is 1. The first kappa shape index (κ1) is 13.9. The molecule has 0 amide bonds. The number of rotatable bonds is 4. The molecular formula is C14H10ClFO2S. The van der Waals surface area contributed by atoms with Crippen LogP contribution >= 0.6 is 23.4 Å². The molecule has 0 aromatic heterocycles.